The maximum atomic E-state index is 12.1. The van der Waals surface area contributed by atoms with Gasteiger partial charge in [0.25, 0.3) is 0 Å². The summed E-state index contributed by atoms with van der Waals surface area (Å²) in [5.41, 5.74) is 0. The van der Waals surface area contributed by atoms with Crippen LogP contribution >= 0.6 is 21.3 Å². The van der Waals surface area contributed by atoms with Crippen molar-refractivity contribution in [1.29, 1.82) is 0 Å². The van der Waals surface area contributed by atoms with Crippen LogP contribution in [-0.2, 0) is 21.7 Å². The monoisotopic (exact) mass is 669 g/mol. The molecular formula is C34H78N3P3Ti. The van der Waals surface area contributed by atoms with Gasteiger partial charge in [-0.05, 0) is 48.3 Å². The Labute approximate surface area is 278 Å². The van der Waals surface area contributed by atoms with Crippen LogP contribution < -0.4 is 0 Å². The molecule has 7 heteroatoms. The van der Waals surface area contributed by atoms with Crippen molar-refractivity contribution < 1.29 is 21.7 Å². The van der Waals surface area contributed by atoms with E-state index in [0.29, 0.717) is 0 Å². The largest absolute Gasteiger partial charge is 4.00 e. The third-order valence-corrected chi connectivity index (χ3v) is 25.5. The second-order valence-electron chi connectivity index (χ2n) is 19.3. The second kappa shape index (κ2) is 14.4. The fraction of sp³-hybridized carbons (Fsp3) is 0.941. The van der Waals surface area contributed by atoms with Crippen LogP contribution in [0.25, 0.3) is 10.3 Å². The van der Waals surface area contributed by atoms with Gasteiger partial charge in [-0.2, -0.15) is 0 Å². The van der Waals surface area contributed by atoms with Crippen LogP contribution in [0.2, 0.25) is 0 Å². The first-order valence-electron chi connectivity index (χ1n) is 14.6. The minimum Gasteiger partial charge on any atom is -0.807 e. The van der Waals surface area contributed by atoms with Crippen LogP contribution in [0, 0.1) is 14.9 Å². The maximum Gasteiger partial charge on any atom is 4.00 e. The summed E-state index contributed by atoms with van der Waals surface area (Å²) in [5.74, 6) is 0. The minimum atomic E-state index is -2.57. The molecule has 248 valence electrons. The Hall–Kier alpha value is 1.40. The van der Waals surface area contributed by atoms with E-state index in [0.717, 1.165) is 0 Å². The average molecular weight is 670 g/mol. The van der Waals surface area contributed by atoms with Gasteiger partial charge < -0.3 is 29.7 Å². The van der Waals surface area contributed by atoms with Gasteiger partial charge in [0.15, 0.2) is 0 Å². The Morgan fingerprint density at radius 2 is 0.512 bits per heavy atom. The van der Waals surface area contributed by atoms with E-state index in [1.165, 1.54) is 0 Å². The predicted molar refractivity (Wildman–Crippen MR) is 201 cm³/mol. The summed E-state index contributed by atoms with van der Waals surface area (Å²) in [6.45, 7) is 53.4. The molecule has 0 unspecified atom stereocenters. The molecule has 0 spiro atoms. The fourth-order valence-corrected chi connectivity index (χ4v) is 28.9. The predicted octanol–water partition coefficient (Wildman–Crippen LogP) is 14.9. The summed E-state index contributed by atoms with van der Waals surface area (Å²) in [5, 5.41) is 22.8. The summed E-state index contributed by atoms with van der Waals surface area (Å²) in [6, 6.07) is 0. The van der Waals surface area contributed by atoms with Gasteiger partial charge in [0, 0.05) is 0 Å². The van der Waals surface area contributed by atoms with Gasteiger partial charge in [0.05, 0.1) is 0 Å². The average Bonchev–Trinajstić information content (AvgIpc) is 2.50. The Morgan fingerprint density at radius 1 is 0.341 bits per heavy atom. The molecule has 41 heavy (non-hydrogen) atoms. The van der Waals surface area contributed by atoms with Crippen LogP contribution in [0.4, 0.5) is 0 Å². The summed E-state index contributed by atoms with van der Waals surface area (Å²) in [7, 11) is -6.53. The van der Waals surface area contributed by atoms with Crippen LogP contribution in [0.3, 0.4) is 0 Å². The van der Waals surface area contributed by atoms with E-state index in [4.69, 9.17) is 4.52 Å². The SMILES string of the molecule is CC(C)(C)P(=[N-])(C(C)(C)C)C(C)(C)C.CC(C)(C)P(=[N-])(N=P(C(C)(C)C)(C(C)(C)C)C(C)(C)C)C(C)(C)C.[CH3-].[CH3-].[Ti+4]. The molecule has 0 amide bonds. The van der Waals surface area contributed by atoms with E-state index >= 15 is 0 Å². The zero-order valence-corrected chi connectivity index (χ0v) is 37.4. The molecule has 0 fully saturated rings. The zero-order chi connectivity index (χ0) is 32.2. The molecule has 0 aliphatic heterocycles. The molecule has 0 N–H and O–H groups in total. The van der Waals surface area contributed by atoms with Crippen molar-refractivity contribution in [1.82, 2.24) is 0 Å². The summed E-state index contributed by atoms with van der Waals surface area (Å²) >= 11 is 0. The number of hydrogen-bond acceptors (Lipinski definition) is 0. The first-order valence-corrected chi connectivity index (χ1v) is 19.8. The van der Waals surface area contributed by atoms with Crippen molar-refractivity contribution >= 4 is 21.3 Å². The van der Waals surface area contributed by atoms with E-state index in [-0.39, 0.29) is 77.8 Å². The van der Waals surface area contributed by atoms with Crippen molar-refractivity contribution in [2.45, 2.75) is 207 Å². The first-order chi connectivity index (χ1) is 15.7. The molecule has 0 aromatic rings. The van der Waals surface area contributed by atoms with Gasteiger partial charge in [-0.15, -0.1) is 7.21 Å². The van der Waals surface area contributed by atoms with Gasteiger partial charge in [0.1, 0.15) is 0 Å². The Kier molecular flexibility index (Phi) is 18.3. The molecule has 0 aromatic carbocycles. The van der Waals surface area contributed by atoms with Gasteiger partial charge in [-0.25, -0.2) is 7.05 Å². The quantitative estimate of drug-likeness (QED) is 0.152. The van der Waals surface area contributed by atoms with Crippen molar-refractivity contribution in [3.63, 3.8) is 0 Å². The van der Waals surface area contributed by atoms with E-state index in [2.05, 4.69) is 166 Å². The van der Waals surface area contributed by atoms with E-state index in [1.807, 2.05) is 0 Å². The zero-order valence-electron chi connectivity index (χ0n) is 33.2. The van der Waals surface area contributed by atoms with Crippen LogP contribution in [0.5, 0.6) is 0 Å². The number of rotatable bonds is 1. The van der Waals surface area contributed by atoms with Crippen LogP contribution in [-0.4, -0.2) is 41.2 Å². The molecule has 3 nitrogen and oxygen atoms in total. The molecule has 0 aliphatic carbocycles. The van der Waals surface area contributed by atoms with E-state index < -0.39 is 21.3 Å². The Bertz CT molecular complexity index is 849. The molecule has 0 saturated heterocycles. The molecule has 0 saturated carbocycles. The first kappa shape index (κ1) is 52.0. The molecule has 0 aromatic heterocycles. The molecule has 0 heterocycles. The van der Waals surface area contributed by atoms with Crippen molar-refractivity contribution in [2.75, 3.05) is 0 Å². The molecular weight excluding hydrogens is 591 g/mol. The maximum absolute atomic E-state index is 12.1. The number of nitrogens with zero attached hydrogens (tertiary/aromatic N) is 3. The van der Waals surface area contributed by atoms with E-state index in [1.54, 1.807) is 0 Å². The standard InChI is InChI=1S/C20H45N2P2.C12H27NP.2CH3.Ti/c1-16(2,3)23(17(4,5)6,18(7,8)9)22-24(21,19(10,11)12)20(13,14)15;1-10(2,3)14(13,11(4,5)6)12(7,8)9;;;/h1-15H3;1-9H3;2*1H3;/q4*-1;+4. The molecule has 0 aliphatic rings. The van der Waals surface area contributed by atoms with Gasteiger partial charge >= 0.3 is 21.7 Å². The summed E-state index contributed by atoms with van der Waals surface area (Å²) < 4.78 is 5.67. The fourth-order valence-electron chi connectivity index (χ4n) is 7.91. The van der Waals surface area contributed by atoms with Crippen molar-refractivity contribution in [3.05, 3.63) is 25.2 Å². The van der Waals surface area contributed by atoms with Crippen LogP contribution in [0.1, 0.15) is 166 Å². The Morgan fingerprint density at radius 3 is 0.585 bits per heavy atom. The topological polar surface area (TPSA) is 57.0 Å². The number of hydrogen-bond donors (Lipinski definition) is 0. The normalized spacial score (nSPS) is 14.9. The van der Waals surface area contributed by atoms with Gasteiger partial charge in [-0.3, -0.25) is 0 Å². The third-order valence-electron chi connectivity index (χ3n) is 7.96. The van der Waals surface area contributed by atoms with Gasteiger partial charge in [-0.1, -0.05) is 166 Å². The molecule has 0 rings (SSSR count). The molecule has 0 bridgehead atoms. The van der Waals surface area contributed by atoms with Crippen LogP contribution in [0.15, 0.2) is 4.52 Å². The van der Waals surface area contributed by atoms with Gasteiger partial charge in [0.2, 0.25) is 0 Å². The minimum absolute atomic E-state index is 0. The van der Waals surface area contributed by atoms with E-state index in [9.17, 15) is 10.3 Å². The summed E-state index contributed by atoms with van der Waals surface area (Å²) in [4.78, 5) is 0. The molecule has 0 atom stereocenters. The summed E-state index contributed by atoms with van der Waals surface area (Å²) in [6.07, 6.45) is 0. The second-order valence-corrected chi connectivity index (χ2v) is 34.5. The van der Waals surface area contributed by atoms with Crippen molar-refractivity contribution in [2.24, 2.45) is 4.52 Å². The van der Waals surface area contributed by atoms with Crippen molar-refractivity contribution in [3.8, 4) is 0 Å². The third kappa shape index (κ3) is 10.2. The molecule has 0 radical (unpaired) electrons. The smallest absolute Gasteiger partial charge is 0.807 e. The Balaban J connectivity index is -0.000000220.